The summed E-state index contributed by atoms with van der Waals surface area (Å²) in [5, 5.41) is 0. The van der Waals surface area contributed by atoms with Gasteiger partial charge in [0.05, 0.1) is 1.37 Å². The van der Waals surface area contributed by atoms with Crippen molar-refractivity contribution in [2.45, 2.75) is 6.85 Å². The van der Waals surface area contributed by atoms with E-state index in [-0.39, 0.29) is 11.7 Å². The molecule has 1 nitrogen and oxygen atoms in total. The largest absolute Gasteiger partial charge is 0.260 e. The Morgan fingerprint density at radius 2 is 2.88 bits per heavy atom. The molecular formula is C6H6BrN. The van der Waals surface area contributed by atoms with Gasteiger partial charge in [0.1, 0.15) is 0 Å². The summed E-state index contributed by atoms with van der Waals surface area (Å²) < 4.78 is 28.8. The summed E-state index contributed by atoms with van der Waals surface area (Å²) in [6.45, 7) is -2.23. The molecule has 0 aliphatic heterocycles. The molecule has 0 fully saturated rings. The molecule has 0 saturated heterocycles. The predicted octanol–water partition coefficient (Wildman–Crippen LogP) is 2.15. The monoisotopic (exact) mass is 175 g/mol. The summed E-state index contributed by atoms with van der Waals surface area (Å²) >= 11 is 3.06. The third-order valence-corrected chi connectivity index (χ3v) is 1.10. The molecule has 42 valence electrons. The van der Waals surface area contributed by atoms with Gasteiger partial charge in [-0.2, -0.15) is 0 Å². The van der Waals surface area contributed by atoms with E-state index in [1.807, 2.05) is 0 Å². The van der Waals surface area contributed by atoms with Crippen molar-refractivity contribution in [2.24, 2.45) is 0 Å². The van der Waals surface area contributed by atoms with Crippen molar-refractivity contribution in [2.75, 3.05) is 0 Å². The van der Waals surface area contributed by atoms with Gasteiger partial charge in [0, 0.05) is 20.5 Å². The highest BCUT2D eigenvalue weighted by molar-refractivity contribution is 9.10. The third-order valence-electron chi connectivity index (χ3n) is 0.664. The number of rotatable bonds is 0. The van der Waals surface area contributed by atoms with Gasteiger partial charge < -0.3 is 0 Å². The van der Waals surface area contributed by atoms with Gasteiger partial charge >= 0.3 is 0 Å². The summed E-state index contributed by atoms with van der Waals surface area (Å²) in [7, 11) is 0. The van der Waals surface area contributed by atoms with E-state index in [0.717, 1.165) is 0 Å². The van der Waals surface area contributed by atoms with Gasteiger partial charge in [0.2, 0.25) is 0 Å². The first-order chi connectivity index (χ1) is 5.41. The van der Waals surface area contributed by atoms with Crippen molar-refractivity contribution >= 4 is 15.9 Å². The molecule has 0 bridgehead atoms. The van der Waals surface area contributed by atoms with Crippen LogP contribution in [0, 0.1) is 6.85 Å². The zero-order chi connectivity index (χ0) is 9.35. The van der Waals surface area contributed by atoms with Crippen molar-refractivity contribution in [3.05, 3.63) is 28.5 Å². The van der Waals surface area contributed by atoms with E-state index >= 15 is 0 Å². The fourth-order valence-corrected chi connectivity index (χ4v) is 0.555. The first-order valence-electron chi connectivity index (χ1n) is 4.04. The minimum absolute atomic E-state index is 0.0456. The van der Waals surface area contributed by atoms with Crippen LogP contribution in [0.15, 0.2) is 22.8 Å². The van der Waals surface area contributed by atoms with Gasteiger partial charge in [-0.25, -0.2) is 0 Å². The van der Waals surface area contributed by atoms with Gasteiger partial charge in [-0.1, -0.05) is 0 Å². The van der Waals surface area contributed by atoms with Crippen molar-refractivity contribution in [3.63, 3.8) is 0 Å². The number of nitrogens with zero attached hydrogens (tertiary/aromatic N) is 1. The minimum atomic E-state index is -2.23. The molecule has 0 aliphatic carbocycles. The Morgan fingerprint density at radius 3 is 3.50 bits per heavy atom. The van der Waals surface area contributed by atoms with Crippen LogP contribution in [0.4, 0.5) is 0 Å². The number of hydrogen-bond donors (Lipinski definition) is 0. The molecule has 0 aliphatic rings. The summed E-state index contributed by atoms with van der Waals surface area (Å²) in [6.07, 6.45) is 1.32. The van der Waals surface area contributed by atoms with Crippen LogP contribution in [-0.2, 0) is 0 Å². The highest BCUT2D eigenvalue weighted by Crippen LogP contribution is 2.05. The molecule has 0 atom stereocenters. The lowest BCUT2D eigenvalue weighted by molar-refractivity contribution is 1.19. The molecule has 1 aromatic heterocycles. The fraction of sp³-hybridized carbons (Fsp3) is 0.167. The number of pyridine rings is 1. The van der Waals surface area contributed by atoms with E-state index in [4.69, 9.17) is 5.48 Å². The summed E-state index contributed by atoms with van der Waals surface area (Å²) in [6, 6.07) is 1.37. The highest BCUT2D eigenvalue weighted by Gasteiger charge is 1.82. The van der Waals surface area contributed by atoms with Gasteiger partial charge in [0.15, 0.2) is 0 Å². The average molecular weight is 176 g/mol. The van der Waals surface area contributed by atoms with Crippen LogP contribution < -0.4 is 0 Å². The van der Waals surface area contributed by atoms with Crippen molar-refractivity contribution in [3.8, 4) is 0 Å². The smallest absolute Gasteiger partial charge is 0.0636 e. The van der Waals surface area contributed by atoms with Crippen LogP contribution in [0.25, 0.3) is 0 Å². The minimum Gasteiger partial charge on any atom is -0.260 e. The molecular weight excluding hydrogens is 166 g/mol. The summed E-state index contributed by atoms with van der Waals surface area (Å²) in [5.74, 6) is 0. The SMILES string of the molecule is [2H]c1cc(C([2H])([2H])[2H])ncc1Br. The maximum atomic E-state index is 7.30. The van der Waals surface area contributed by atoms with E-state index < -0.39 is 6.85 Å². The number of halogens is 1. The highest BCUT2D eigenvalue weighted by atomic mass is 79.9. The second kappa shape index (κ2) is 2.27. The first kappa shape index (κ1) is 2.48. The molecule has 8 heavy (non-hydrogen) atoms. The Balaban J connectivity index is 3.14. The molecule has 0 spiro atoms. The third kappa shape index (κ3) is 1.30. The average Bonchev–Trinajstić information content (AvgIpc) is 1.92. The zero-order valence-electron chi connectivity index (χ0n) is 7.98. The molecule has 0 unspecified atom stereocenters. The second-order valence-corrected chi connectivity index (χ2v) is 2.13. The lowest BCUT2D eigenvalue weighted by Crippen LogP contribution is -1.75. The number of aromatic nitrogens is 1. The number of hydrogen-bond acceptors (Lipinski definition) is 1. The quantitative estimate of drug-likeness (QED) is 0.590. The van der Waals surface area contributed by atoms with Crippen LogP contribution in [0.3, 0.4) is 0 Å². The van der Waals surface area contributed by atoms with Gasteiger partial charge in [0.25, 0.3) is 0 Å². The topological polar surface area (TPSA) is 12.9 Å². The van der Waals surface area contributed by atoms with Crippen LogP contribution in [-0.4, -0.2) is 4.98 Å². The fourth-order valence-electron chi connectivity index (χ4n) is 0.338. The van der Waals surface area contributed by atoms with Gasteiger partial charge in [-0.05, 0) is 34.9 Å². The van der Waals surface area contributed by atoms with Crippen molar-refractivity contribution in [1.29, 1.82) is 0 Å². The molecule has 1 aromatic rings. The summed E-state index contributed by atoms with van der Waals surface area (Å²) in [5.41, 5.74) is -0.0456. The Bertz CT molecular complexity index is 296. The van der Waals surface area contributed by atoms with E-state index in [1.54, 1.807) is 0 Å². The first-order valence-corrected chi connectivity index (χ1v) is 2.83. The zero-order valence-corrected chi connectivity index (χ0v) is 5.57. The molecule has 1 heterocycles. The molecule has 1 rings (SSSR count). The lowest BCUT2D eigenvalue weighted by atomic mass is 10.4. The lowest BCUT2D eigenvalue weighted by Gasteiger charge is -1.87. The maximum Gasteiger partial charge on any atom is 0.0636 e. The van der Waals surface area contributed by atoms with E-state index in [1.165, 1.54) is 12.3 Å². The van der Waals surface area contributed by atoms with Crippen LogP contribution in [0.1, 0.15) is 11.2 Å². The Morgan fingerprint density at radius 1 is 2.00 bits per heavy atom. The molecule has 0 saturated carbocycles. The van der Waals surface area contributed by atoms with Gasteiger partial charge in [-0.3, -0.25) is 4.98 Å². The van der Waals surface area contributed by atoms with E-state index in [2.05, 4.69) is 20.9 Å². The maximum absolute atomic E-state index is 7.30. The van der Waals surface area contributed by atoms with Crippen LogP contribution >= 0.6 is 15.9 Å². The predicted molar refractivity (Wildman–Crippen MR) is 36.7 cm³/mol. The van der Waals surface area contributed by atoms with E-state index in [0.29, 0.717) is 4.47 Å². The van der Waals surface area contributed by atoms with Gasteiger partial charge in [-0.15, -0.1) is 0 Å². The molecule has 2 heteroatoms. The molecule has 0 radical (unpaired) electrons. The summed E-state index contributed by atoms with van der Waals surface area (Å²) in [4.78, 5) is 3.68. The number of aryl methyl sites for hydroxylation is 1. The molecule has 0 N–H and O–H groups in total. The Labute approximate surface area is 62.5 Å². The van der Waals surface area contributed by atoms with Crippen LogP contribution in [0.2, 0.25) is 0 Å². The Hall–Kier alpha value is -0.370. The van der Waals surface area contributed by atoms with Crippen molar-refractivity contribution in [1.82, 2.24) is 4.98 Å². The normalized spacial score (nSPS) is 18.1. The Kier molecular flexibility index (Phi) is 0.702. The second-order valence-electron chi connectivity index (χ2n) is 1.28. The van der Waals surface area contributed by atoms with Crippen LogP contribution in [0.5, 0.6) is 0 Å². The molecule has 0 aromatic carbocycles. The standard InChI is InChI=1S/C6H6BrN/c1-5-2-3-6(7)4-8-5/h2-4H,1H3/i1D3,3D. The molecule has 0 amide bonds. The van der Waals surface area contributed by atoms with Crippen molar-refractivity contribution < 1.29 is 5.48 Å². The van der Waals surface area contributed by atoms with E-state index in [9.17, 15) is 0 Å².